The quantitative estimate of drug-likeness (QED) is 0.358. The topological polar surface area (TPSA) is 101 Å². The van der Waals surface area contributed by atoms with Gasteiger partial charge in [0.25, 0.3) is 11.7 Å². The maximum Gasteiger partial charge on any atom is 0.295 e. The summed E-state index contributed by atoms with van der Waals surface area (Å²) in [5, 5.41) is 11.2. The predicted molar refractivity (Wildman–Crippen MR) is 125 cm³/mol. The number of hydrogen-bond acceptors (Lipinski definition) is 8. The molecule has 9 heteroatoms. The van der Waals surface area contributed by atoms with Crippen LogP contribution in [0.5, 0.6) is 11.5 Å². The van der Waals surface area contributed by atoms with E-state index >= 15 is 0 Å². The summed E-state index contributed by atoms with van der Waals surface area (Å²) in [5.74, 6) is -0.678. The first-order valence-corrected chi connectivity index (χ1v) is 11.3. The number of carbonyl (C=O) groups is 2. The molecule has 2 aromatic rings. The lowest BCUT2D eigenvalue weighted by Crippen LogP contribution is -2.38. The highest BCUT2D eigenvalue weighted by Crippen LogP contribution is 2.40. The zero-order valence-corrected chi connectivity index (χ0v) is 19.4. The highest BCUT2D eigenvalue weighted by atomic mass is 16.5. The van der Waals surface area contributed by atoms with Crippen LogP contribution in [0.1, 0.15) is 23.6 Å². The van der Waals surface area contributed by atoms with Crippen LogP contribution in [0, 0.1) is 0 Å². The van der Waals surface area contributed by atoms with Crippen molar-refractivity contribution in [3.63, 3.8) is 0 Å². The van der Waals surface area contributed by atoms with Gasteiger partial charge in [-0.1, -0.05) is 0 Å². The number of aliphatic hydroxyl groups excluding tert-OH is 1. The second-order valence-corrected chi connectivity index (χ2v) is 8.15. The Labute approximate surface area is 198 Å². The van der Waals surface area contributed by atoms with E-state index < -0.39 is 17.7 Å². The Hall–Kier alpha value is -3.43. The van der Waals surface area contributed by atoms with Crippen molar-refractivity contribution in [2.45, 2.75) is 12.5 Å². The van der Waals surface area contributed by atoms with Gasteiger partial charge in [-0.05, 0) is 42.3 Å². The number of Topliss-reactive ketones (excluding diaryl/α,β-unsaturated/α-hetero) is 1. The summed E-state index contributed by atoms with van der Waals surface area (Å²) in [7, 11) is 3.01. The van der Waals surface area contributed by atoms with Gasteiger partial charge in [-0.2, -0.15) is 0 Å². The van der Waals surface area contributed by atoms with Crippen molar-refractivity contribution in [3.8, 4) is 11.5 Å². The number of rotatable bonds is 8. The summed E-state index contributed by atoms with van der Waals surface area (Å²) >= 11 is 0. The smallest absolute Gasteiger partial charge is 0.295 e. The Kier molecular flexibility index (Phi) is 7.44. The van der Waals surface area contributed by atoms with E-state index in [9.17, 15) is 14.7 Å². The average molecular weight is 468 g/mol. The molecule has 1 N–H and O–H groups in total. The average Bonchev–Trinajstić information content (AvgIpc) is 3.14. The first-order chi connectivity index (χ1) is 16.5. The first kappa shape index (κ1) is 23.7. The molecular formula is C25H29N3O6. The number of nitrogens with zero attached hydrogens (tertiary/aromatic N) is 3. The summed E-state index contributed by atoms with van der Waals surface area (Å²) in [6, 6.07) is 7.67. The van der Waals surface area contributed by atoms with E-state index in [4.69, 9.17) is 14.2 Å². The monoisotopic (exact) mass is 467 g/mol. The van der Waals surface area contributed by atoms with Crippen LogP contribution in [0.3, 0.4) is 0 Å². The van der Waals surface area contributed by atoms with Crippen molar-refractivity contribution in [2.75, 3.05) is 53.6 Å². The van der Waals surface area contributed by atoms with Gasteiger partial charge >= 0.3 is 0 Å². The van der Waals surface area contributed by atoms with Crippen molar-refractivity contribution >= 4 is 17.4 Å². The fraction of sp³-hybridized carbons (Fsp3) is 0.400. The number of morpholine rings is 1. The van der Waals surface area contributed by atoms with E-state index in [1.807, 2.05) is 0 Å². The normalized spacial score (nSPS) is 20.5. The molecule has 1 amide bonds. The number of aliphatic hydroxyl groups is 1. The minimum absolute atomic E-state index is 0.0507. The molecule has 2 aliphatic heterocycles. The second-order valence-electron chi connectivity index (χ2n) is 8.15. The summed E-state index contributed by atoms with van der Waals surface area (Å²) in [5.41, 5.74) is 1.13. The molecule has 0 unspecified atom stereocenters. The van der Waals surface area contributed by atoms with Crippen LogP contribution in [0.15, 0.2) is 48.3 Å². The molecule has 2 saturated heterocycles. The molecule has 3 heterocycles. The summed E-state index contributed by atoms with van der Waals surface area (Å²) < 4.78 is 16.0. The molecule has 0 spiro atoms. The fourth-order valence-corrected chi connectivity index (χ4v) is 4.43. The lowest BCUT2D eigenvalue weighted by molar-refractivity contribution is -0.140. The molecule has 4 rings (SSSR count). The maximum absolute atomic E-state index is 13.1. The molecule has 2 fully saturated rings. The van der Waals surface area contributed by atoms with Gasteiger partial charge in [0.2, 0.25) is 0 Å². The van der Waals surface area contributed by atoms with Gasteiger partial charge in [0.1, 0.15) is 5.76 Å². The molecule has 2 aliphatic rings. The summed E-state index contributed by atoms with van der Waals surface area (Å²) in [4.78, 5) is 34.1. The number of likely N-dealkylation sites (tertiary alicyclic amines) is 1. The number of amides is 1. The number of aromatic nitrogens is 1. The molecule has 9 nitrogen and oxygen atoms in total. The molecule has 0 aliphatic carbocycles. The molecule has 0 radical (unpaired) electrons. The van der Waals surface area contributed by atoms with E-state index in [2.05, 4.69) is 9.88 Å². The van der Waals surface area contributed by atoms with Gasteiger partial charge in [-0.15, -0.1) is 0 Å². The van der Waals surface area contributed by atoms with Gasteiger partial charge in [-0.25, -0.2) is 0 Å². The highest BCUT2D eigenvalue weighted by molar-refractivity contribution is 6.46. The van der Waals surface area contributed by atoms with Crippen molar-refractivity contribution in [3.05, 3.63) is 59.4 Å². The standard InChI is InChI=1S/C25H29N3O6/c1-32-19-5-4-18(16-20(19)33-2)23(29)21-22(17-6-8-26-9-7-17)28(25(31)24(21)30)11-3-10-27-12-14-34-15-13-27/h4-9,16,22,29H,3,10-15H2,1-2H3/t22-/m1/s1. The van der Waals surface area contributed by atoms with Crippen molar-refractivity contribution in [1.82, 2.24) is 14.8 Å². The van der Waals surface area contributed by atoms with Gasteiger partial charge in [-0.3, -0.25) is 19.5 Å². The number of hydrogen-bond donors (Lipinski definition) is 1. The zero-order chi connectivity index (χ0) is 24.1. The third kappa shape index (κ3) is 4.76. The van der Waals surface area contributed by atoms with Crippen LogP contribution < -0.4 is 9.47 Å². The van der Waals surface area contributed by atoms with Gasteiger partial charge in [0.15, 0.2) is 11.5 Å². The van der Waals surface area contributed by atoms with Crippen LogP contribution >= 0.6 is 0 Å². The Bertz CT molecular complexity index is 1070. The third-order valence-corrected chi connectivity index (χ3v) is 6.20. The summed E-state index contributed by atoms with van der Waals surface area (Å²) in [6.07, 6.45) is 3.92. The molecular weight excluding hydrogens is 438 g/mol. The molecule has 180 valence electrons. The number of ketones is 1. The number of methoxy groups -OCH3 is 2. The van der Waals surface area contributed by atoms with Crippen molar-refractivity contribution in [2.24, 2.45) is 0 Å². The molecule has 1 atom stereocenters. The minimum atomic E-state index is -0.708. The predicted octanol–water partition coefficient (Wildman–Crippen LogP) is 2.24. The number of pyridine rings is 1. The Balaban J connectivity index is 1.67. The largest absolute Gasteiger partial charge is 0.507 e. The van der Waals surface area contributed by atoms with Gasteiger partial charge in [0.05, 0.1) is 39.0 Å². The van der Waals surface area contributed by atoms with E-state index in [1.54, 1.807) is 47.6 Å². The summed E-state index contributed by atoms with van der Waals surface area (Å²) in [6.45, 7) is 4.29. The number of carbonyl (C=O) groups excluding carboxylic acids is 2. The molecule has 34 heavy (non-hydrogen) atoms. The molecule has 0 saturated carbocycles. The number of benzene rings is 1. The van der Waals surface area contributed by atoms with Crippen molar-refractivity contribution < 1.29 is 28.9 Å². The van der Waals surface area contributed by atoms with Crippen molar-refractivity contribution in [1.29, 1.82) is 0 Å². The lowest BCUT2D eigenvalue weighted by Gasteiger charge is -2.29. The Morgan fingerprint density at radius 2 is 1.76 bits per heavy atom. The van der Waals surface area contributed by atoms with E-state index in [0.29, 0.717) is 48.8 Å². The third-order valence-electron chi connectivity index (χ3n) is 6.20. The van der Waals surface area contributed by atoms with Gasteiger partial charge in [0, 0.05) is 44.1 Å². The van der Waals surface area contributed by atoms with Crippen LogP contribution in [-0.2, 0) is 14.3 Å². The van der Waals surface area contributed by atoms with E-state index in [-0.39, 0.29) is 11.3 Å². The number of ether oxygens (including phenoxy) is 3. The Morgan fingerprint density at radius 1 is 1.06 bits per heavy atom. The van der Waals surface area contributed by atoms with E-state index in [1.165, 1.54) is 14.2 Å². The SMILES string of the molecule is COc1ccc(C(O)=C2C(=O)C(=O)N(CCCN3CCOCC3)[C@@H]2c2ccncc2)cc1OC. The van der Waals surface area contributed by atoms with Crippen LogP contribution in [0.2, 0.25) is 0 Å². The van der Waals surface area contributed by atoms with Crippen LogP contribution in [0.4, 0.5) is 0 Å². The maximum atomic E-state index is 13.1. The Morgan fingerprint density at radius 3 is 2.44 bits per heavy atom. The lowest BCUT2D eigenvalue weighted by atomic mass is 9.95. The molecule has 1 aromatic heterocycles. The van der Waals surface area contributed by atoms with Crippen LogP contribution in [0.25, 0.3) is 5.76 Å². The fourth-order valence-electron chi connectivity index (χ4n) is 4.43. The highest BCUT2D eigenvalue weighted by Gasteiger charge is 2.45. The molecule has 1 aromatic carbocycles. The van der Waals surface area contributed by atoms with Gasteiger partial charge < -0.3 is 24.2 Å². The minimum Gasteiger partial charge on any atom is -0.507 e. The van der Waals surface area contributed by atoms with E-state index in [0.717, 1.165) is 19.6 Å². The first-order valence-electron chi connectivity index (χ1n) is 11.3. The molecule has 0 bridgehead atoms. The second kappa shape index (κ2) is 10.7. The van der Waals surface area contributed by atoms with Crippen LogP contribution in [-0.4, -0.2) is 85.2 Å². The zero-order valence-electron chi connectivity index (χ0n) is 19.4.